The molecular formula is C11H17BrN4O3S. The van der Waals surface area contributed by atoms with Gasteiger partial charge in [0.1, 0.15) is 0 Å². The van der Waals surface area contributed by atoms with Gasteiger partial charge in [0.15, 0.2) is 5.84 Å². The summed E-state index contributed by atoms with van der Waals surface area (Å²) in [6.07, 6.45) is 0. The Hall–Kier alpha value is -1.32. The topological polar surface area (TPSA) is 117 Å². The summed E-state index contributed by atoms with van der Waals surface area (Å²) in [5, 5.41) is 11.6. The lowest BCUT2D eigenvalue weighted by atomic mass is 10.1. The minimum atomic E-state index is -3.78. The highest BCUT2D eigenvalue weighted by molar-refractivity contribution is 9.10. The molecule has 5 N–H and O–H groups in total. The van der Waals surface area contributed by atoms with Crippen LogP contribution in [-0.2, 0) is 10.2 Å². The number of benzene rings is 1. The van der Waals surface area contributed by atoms with Crippen LogP contribution in [0.25, 0.3) is 0 Å². The van der Waals surface area contributed by atoms with Gasteiger partial charge in [0, 0.05) is 15.6 Å². The van der Waals surface area contributed by atoms with E-state index in [1.165, 1.54) is 6.07 Å². The van der Waals surface area contributed by atoms with Crippen LogP contribution in [0.15, 0.2) is 27.8 Å². The number of nitrogens with one attached hydrogen (secondary N) is 2. The molecule has 0 unspecified atom stereocenters. The van der Waals surface area contributed by atoms with Gasteiger partial charge in [-0.1, -0.05) is 21.1 Å². The van der Waals surface area contributed by atoms with Crippen molar-refractivity contribution in [2.45, 2.75) is 26.3 Å². The maximum atomic E-state index is 12.0. The molecule has 0 bridgehead atoms. The smallest absolute Gasteiger partial charge is 0.299 e. The van der Waals surface area contributed by atoms with Gasteiger partial charge in [0.25, 0.3) is 10.2 Å². The number of amidine groups is 1. The van der Waals surface area contributed by atoms with Crippen LogP contribution in [0, 0.1) is 0 Å². The van der Waals surface area contributed by atoms with Crippen LogP contribution >= 0.6 is 15.9 Å². The Morgan fingerprint density at radius 3 is 2.50 bits per heavy atom. The van der Waals surface area contributed by atoms with E-state index in [4.69, 9.17) is 10.9 Å². The molecule has 0 fully saturated rings. The van der Waals surface area contributed by atoms with E-state index in [1.807, 2.05) is 0 Å². The second-order valence-electron chi connectivity index (χ2n) is 5.13. The first kappa shape index (κ1) is 16.7. The maximum absolute atomic E-state index is 12.0. The molecule has 112 valence electrons. The molecule has 0 spiro atoms. The standard InChI is InChI=1S/C11H17BrN4O3S/c1-11(2,3)16-20(18,19)15-9-5-4-7(12)6-8(9)10(13)14-17/h4-6,15-17H,1-3H3,(H2,13,14). The molecule has 1 aromatic rings. The number of hydrogen-bond acceptors (Lipinski definition) is 4. The van der Waals surface area contributed by atoms with E-state index in [9.17, 15) is 8.42 Å². The molecule has 9 heteroatoms. The summed E-state index contributed by atoms with van der Waals surface area (Å²) in [7, 11) is -3.78. The van der Waals surface area contributed by atoms with Crippen molar-refractivity contribution < 1.29 is 13.6 Å². The van der Waals surface area contributed by atoms with E-state index < -0.39 is 15.7 Å². The normalized spacial score (nSPS) is 13.3. The van der Waals surface area contributed by atoms with Crippen molar-refractivity contribution in [1.82, 2.24) is 4.72 Å². The Kier molecular flexibility index (Phi) is 5.00. The molecule has 0 saturated heterocycles. The first-order valence-electron chi connectivity index (χ1n) is 5.63. The number of anilines is 1. The lowest BCUT2D eigenvalue weighted by Crippen LogP contribution is -2.43. The van der Waals surface area contributed by atoms with Crippen molar-refractivity contribution in [3.05, 3.63) is 28.2 Å². The molecule has 0 amide bonds. The number of nitrogens with two attached hydrogens (primary N) is 1. The van der Waals surface area contributed by atoms with Crippen molar-refractivity contribution in [3.8, 4) is 0 Å². The molecule has 0 heterocycles. The molecule has 20 heavy (non-hydrogen) atoms. The van der Waals surface area contributed by atoms with Crippen molar-refractivity contribution in [1.29, 1.82) is 0 Å². The third-order valence-corrected chi connectivity index (χ3v) is 3.91. The van der Waals surface area contributed by atoms with E-state index in [0.29, 0.717) is 4.47 Å². The summed E-state index contributed by atoms with van der Waals surface area (Å²) in [5.41, 5.74) is 5.38. The second-order valence-corrected chi connectivity index (χ2v) is 7.46. The zero-order valence-electron chi connectivity index (χ0n) is 11.3. The van der Waals surface area contributed by atoms with E-state index in [2.05, 4.69) is 30.5 Å². The minimum Gasteiger partial charge on any atom is -0.409 e. The van der Waals surface area contributed by atoms with E-state index >= 15 is 0 Å². The number of hydrogen-bond donors (Lipinski definition) is 4. The molecule has 0 aliphatic carbocycles. The van der Waals surface area contributed by atoms with Crippen LogP contribution in [-0.4, -0.2) is 25.0 Å². The highest BCUT2D eigenvalue weighted by Crippen LogP contribution is 2.22. The summed E-state index contributed by atoms with van der Waals surface area (Å²) in [4.78, 5) is 0. The van der Waals surface area contributed by atoms with Gasteiger partial charge in [0.05, 0.1) is 5.69 Å². The molecule has 0 radical (unpaired) electrons. The second kappa shape index (κ2) is 5.98. The summed E-state index contributed by atoms with van der Waals surface area (Å²) < 4.78 is 29.4. The van der Waals surface area contributed by atoms with Crippen molar-refractivity contribution >= 4 is 37.7 Å². The van der Waals surface area contributed by atoms with Gasteiger partial charge in [-0.2, -0.15) is 13.1 Å². The Morgan fingerprint density at radius 2 is 2.00 bits per heavy atom. The lowest BCUT2D eigenvalue weighted by molar-refractivity contribution is 0.318. The van der Waals surface area contributed by atoms with Gasteiger partial charge in [-0.05, 0) is 39.0 Å². The summed E-state index contributed by atoms with van der Waals surface area (Å²) in [5.74, 6) is -0.195. The zero-order valence-corrected chi connectivity index (χ0v) is 13.7. The Bertz CT molecular complexity index is 623. The van der Waals surface area contributed by atoms with Crippen molar-refractivity contribution in [3.63, 3.8) is 0 Å². The maximum Gasteiger partial charge on any atom is 0.299 e. The van der Waals surface area contributed by atoms with Crippen LogP contribution in [0.1, 0.15) is 26.3 Å². The van der Waals surface area contributed by atoms with E-state index in [1.54, 1.807) is 32.9 Å². The van der Waals surface area contributed by atoms with Gasteiger partial charge in [-0.3, -0.25) is 4.72 Å². The third kappa shape index (κ3) is 4.99. The summed E-state index contributed by atoms with van der Waals surface area (Å²) in [6, 6.07) is 4.70. The molecular weight excluding hydrogens is 348 g/mol. The average Bonchev–Trinajstić information content (AvgIpc) is 2.27. The molecule has 0 atom stereocenters. The third-order valence-electron chi connectivity index (χ3n) is 2.05. The first-order valence-corrected chi connectivity index (χ1v) is 7.91. The van der Waals surface area contributed by atoms with Crippen LogP contribution < -0.4 is 15.2 Å². The Labute approximate surface area is 126 Å². The molecule has 0 aliphatic heterocycles. The first-order chi connectivity index (χ1) is 9.04. The van der Waals surface area contributed by atoms with Crippen LogP contribution in [0.4, 0.5) is 5.69 Å². The predicted octanol–water partition coefficient (Wildman–Crippen LogP) is 1.59. The van der Waals surface area contributed by atoms with Crippen LogP contribution in [0.3, 0.4) is 0 Å². The largest absolute Gasteiger partial charge is 0.409 e. The monoisotopic (exact) mass is 364 g/mol. The van der Waals surface area contributed by atoms with Gasteiger partial charge < -0.3 is 10.9 Å². The van der Waals surface area contributed by atoms with Crippen molar-refractivity contribution in [2.75, 3.05) is 4.72 Å². The molecule has 0 aromatic heterocycles. The van der Waals surface area contributed by atoms with Gasteiger partial charge in [-0.15, -0.1) is 0 Å². The fourth-order valence-electron chi connectivity index (χ4n) is 1.44. The summed E-state index contributed by atoms with van der Waals surface area (Å²) >= 11 is 3.24. The number of rotatable bonds is 4. The quantitative estimate of drug-likeness (QED) is 0.281. The molecule has 0 saturated carbocycles. The minimum absolute atomic E-state index is 0.195. The highest BCUT2D eigenvalue weighted by Gasteiger charge is 2.21. The fraction of sp³-hybridized carbons (Fsp3) is 0.364. The highest BCUT2D eigenvalue weighted by atomic mass is 79.9. The molecule has 0 aliphatic rings. The van der Waals surface area contributed by atoms with E-state index in [-0.39, 0.29) is 17.1 Å². The number of halogens is 1. The lowest BCUT2D eigenvalue weighted by Gasteiger charge is -2.21. The molecule has 1 aromatic carbocycles. The molecule has 1 rings (SSSR count). The van der Waals surface area contributed by atoms with Gasteiger partial charge in [-0.25, -0.2) is 0 Å². The van der Waals surface area contributed by atoms with Gasteiger partial charge in [0.2, 0.25) is 0 Å². The fourth-order valence-corrected chi connectivity index (χ4v) is 3.13. The molecule has 7 nitrogen and oxygen atoms in total. The Morgan fingerprint density at radius 1 is 1.40 bits per heavy atom. The van der Waals surface area contributed by atoms with Crippen LogP contribution in [0.2, 0.25) is 0 Å². The zero-order chi connectivity index (χ0) is 15.6. The number of nitrogens with zero attached hydrogens (tertiary/aromatic N) is 1. The Balaban J connectivity index is 3.16. The average molecular weight is 365 g/mol. The van der Waals surface area contributed by atoms with E-state index in [0.717, 1.165) is 0 Å². The number of oxime groups is 1. The SMILES string of the molecule is CC(C)(C)NS(=O)(=O)Nc1ccc(Br)cc1/C(N)=N/O. The predicted molar refractivity (Wildman–Crippen MR) is 82.1 cm³/mol. The summed E-state index contributed by atoms with van der Waals surface area (Å²) in [6.45, 7) is 5.16. The van der Waals surface area contributed by atoms with Crippen molar-refractivity contribution in [2.24, 2.45) is 10.9 Å². The van der Waals surface area contributed by atoms with Crippen LogP contribution in [0.5, 0.6) is 0 Å². The van der Waals surface area contributed by atoms with Gasteiger partial charge >= 0.3 is 0 Å².